The molecule has 0 aliphatic carbocycles. The van der Waals surface area contributed by atoms with E-state index in [-0.39, 0.29) is 11.6 Å². The molecule has 6 heteroatoms. The van der Waals surface area contributed by atoms with Crippen LogP contribution in [0.3, 0.4) is 0 Å². The Hall–Kier alpha value is -1.85. The Morgan fingerprint density at radius 3 is 2.69 bits per heavy atom. The number of H-pyrrole nitrogens is 1. The van der Waals surface area contributed by atoms with Gasteiger partial charge in [-0.25, -0.2) is 9.78 Å². The number of ether oxygens (including phenoxy) is 2. The van der Waals surface area contributed by atoms with Crippen LogP contribution in [0.1, 0.15) is 10.5 Å². The van der Waals surface area contributed by atoms with E-state index < -0.39 is 11.5 Å². The quantitative estimate of drug-likeness (QED) is 0.630. The molecule has 0 fully saturated rings. The van der Waals surface area contributed by atoms with Crippen LogP contribution >= 0.6 is 0 Å². The Labute approximate surface area is 73.5 Å². The highest BCUT2D eigenvalue weighted by molar-refractivity contribution is 5.86. The molecule has 70 valence electrons. The van der Waals surface area contributed by atoms with Gasteiger partial charge >= 0.3 is 11.5 Å². The highest BCUT2D eigenvalue weighted by atomic mass is 16.5. The largest absolute Gasteiger partial charge is 0.477 e. The first kappa shape index (κ1) is 9.24. The van der Waals surface area contributed by atoms with E-state index in [0.717, 1.165) is 0 Å². The number of carbonyl (C=O) groups is 1. The number of aromatic nitrogens is 2. The van der Waals surface area contributed by atoms with E-state index in [4.69, 9.17) is 0 Å². The third kappa shape index (κ3) is 1.84. The Morgan fingerprint density at radius 2 is 2.23 bits per heavy atom. The summed E-state index contributed by atoms with van der Waals surface area (Å²) < 4.78 is 8.98. The molecule has 0 unspecified atom stereocenters. The molecule has 0 saturated carbocycles. The van der Waals surface area contributed by atoms with Gasteiger partial charge in [-0.3, -0.25) is 4.79 Å². The zero-order chi connectivity index (χ0) is 9.84. The molecule has 1 aromatic heterocycles. The number of rotatable bonds is 2. The second-order valence-corrected chi connectivity index (χ2v) is 2.13. The number of esters is 1. The number of methoxy groups -OCH3 is 2. The number of hydrogen-bond acceptors (Lipinski definition) is 5. The molecule has 0 aromatic carbocycles. The van der Waals surface area contributed by atoms with Gasteiger partial charge in [0.25, 0.3) is 5.88 Å². The summed E-state index contributed by atoms with van der Waals surface area (Å²) in [5, 5.41) is 0. The van der Waals surface area contributed by atoms with Crippen LogP contribution in [0.4, 0.5) is 0 Å². The topological polar surface area (TPSA) is 81.3 Å². The normalized spacial score (nSPS) is 9.38. The molecule has 13 heavy (non-hydrogen) atoms. The van der Waals surface area contributed by atoms with Crippen molar-refractivity contribution < 1.29 is 14.3 Å². The Balaban J connectivity index is 3.10. The Kier molecular flexibility index (Phi) is 2.63. The van der Waals surface area contributed by atoms with E-state index in [1.165, 1.54) is 20.4 Å². The van der Waals surface area contributed by atoms with Crippen molar-refractivity contribution >= 4 is 5.97 Å². The van der Waals surface area contributed by atoms with Crippen molar-refractivity contribution in [2.75, 3.05) is 14.2 Å². The summed E-state index contributed by atoms with van der Waals surface area (Å²) >= 11 is 0. The molecule has 1 heterocycles. The summed E-state index contributed by atoms with van der Waals surface area (Å²) in [6.07, 6.45) is 1.17. The molecule has 0 aliphatic heterocycles. The maximum absolute atomic E-state index is 11.0. The third-order valence-electron chi connectivity index (χ3n) is 1.35. The minimum absolute atomic E-state index is 0.00620. The van der Waals surface area contributed by atoms with Crippen LogP contribution < -0.4 is 10.3 Å². The highest BCUT2D eigenvalue weighted by Gasteiger charge is 2.09. The maximum atomic E-state index is 11.0. The second kappa shape index (κ2) is 3.70. The molecular weight excluding hydrogens is 176 g/mol. The van der Waals surface area contributed by atoms with E-state index in [1.54, 1.807) is 0 Å². The molecule has 0 saturated heterocycles. The fourth-order valence-corrected chi connectivity index (χ4v) is 0.749. The minimum atomic E-state index is -0.646. The van der Waals surface area contributed by atoms with Gasteiger partial charge in [0, 0.05) is 0 Å². The number of nitrogens with zero attached hydrogens (tertiary/aromatic N) is 1. The number of nitrogens with one attached hydrogen (secondary N) is 1. The fraction of sp³-hybridized carbons (Fsp3) is 0.286. The summed E-state index contributed by atoms with van der Waals surface area (Å²) in [6.45, 7) is 0. The highest BCUT2D eigenvalue weighted by Crippen LogP contribution is 1.97. The standard InChI is InChI=1S/C7H8N2O4/c1-12-6-5(10)9-4(3-8-6)7(11)13-2/h3H,1-2H3,(H,9,10). The van der Waals surface area contributed by atoms with Gasteiger partial charge in [0.05, 0.1) is 20.4 Å². The molecule has 1 N–H and O–H groups in total. The first-order chi connectivity index (χ1) is 6.19. The van der Waals surface area contributed by atoms with Crippen molar-refractivity contribution in [2.45, 2.75) is 0 Å². The van der Waals surface area contributed by atoms with Crippen molar-refractivity contribution in [3.8, 4) is 5.88 Å². The van der Waals surface area contributed by atoms with Crippen LogP contribution in [0, 0.1) is 0 Å². The van der Waals surface area contributed by atoms with Crippen LogP contribution in [0.25, 0.3) is 0 Å². The van der Waals surface area contributed by atoms with Gasteiger partial charge in [0.1, 0.15) is 5.69 Å². The molecule has 1 rings (SSSR count). The predicted octanol–water partition coefficient (Wildman–Crippen LogP) is -0.435. The average Bonchev–Trinajstić information content (AvgIpc) is 2.16. The summed E-state index contributed by atoms with van der Waals surface area (Å²) in [4.78, 5) is 27.8. The molecule has 6 nitrogen and oxygen atoms in total. The molecule has 0 atom stereocenters. The smallest absolute Gasteiger partial charge is 0.356 e. The van der Waals surface area contributed by atoms with Crippen LogP contribution in [0.15, 0.2) is 11.0 Å². The maximum Gasteiger partial charge on any atom is 0.356 e. The average molecular weight is 184 g/mol. The summed E-state index contributed by atoms with van der Waals surface area (Å²) in [7, 11) is 2.53. The lowest BCUT2D eigenvalue weighted by Crippen LogP contribution is -2.16. The van der Waals surface area contributed by atoms with E-state index in [2.05, 4.69) is 19.4 Å². The summed E-state index contributed by atoms with van der Waals surface area (Å²) in [5.41, 5.74) is -0.571. The number of carbonyl (C=O) groups excluding carboxylic acids is 1. The molecule has 1 aromatic rings. The van der Waals surface area contributed by atoms with Crippen molar-refractivity contribution in [1.29, 1.82) is 0 Å². The molecule has 0 bridgehead atoms. The lowest BCUT2D eigenvalue weighted by molar-refractivity contribution is 0.0593. The van der Waals surface area contributed by atoms with Crippen molar-refractivity contribution in [2.24, 2.45) is 0 Å². The van der Waals surface area contributed by atoms with Crippen LogP contribution in [-0.2, 0) is 4.74 Å². The van der Waals surface area contributed by atoms with Crippen molar-refractivity contribution in [3.63, 3.8) is 0 Å². The first-order valence-corrected chi connectivity index (χ1v) is 3.40. The van der Waals surface area contributed by atoms with Gasteiger partial charge < -0.3 is 14.5 Å². The van der Waals surface area contributed by atoms with Gasteiger partial charge in [-0.05, 0) is 0 Å². The van der Waals surface area contributed by atoms with E-state index >= 15 is 0 Å². The molecule has 0 spiro atoms. The lowest BCUT2D eigenvalue weighted by Gasteiger charge is -1.99. The van der Waals surface area contributed by atoms with Crippen molar-refractivity contribution in [3.05, 3.63) is 22.2 Å². The molecule has 0 amide bonds. The molecule has 0 aliphatic rings. The zero-order valence-corrected chi connectivity index (χ0v) is 7.16. The van der Waals surface area contributed by atoms with Crippen LogP contribution in [-0.4, -0.2) is 30.2 Å². The minimum Gasteiger partial charge on any atom is -0.477 e. The van der Waals surface area contributed by atoms with E-state index in [1.807, 2.05) is 0 Å². The van der Waals surface area contributed by atoms with E-state index in [0.29, 0.717) is 0 Å². The predicted molar refractivity (Wildman–Crippen MR) is 42.7 cm³/mol. The second-order valence-electron chi connectivity index (χ2n) is 2.13. The molecule has 0 radical (unpaired) electrons. The number of aromatic amines is 1. The SMILES string of the molecule is COC(=O)c1cnc(OC)c(=O)[nH]1. The Morgan fingerprint density at radius 1 is 1.54 bits per heavy atom. The molecular formula is C7H8N2O4. The van der Waals surface area contributed by atoms with Crippen LogP contribution in [0.5, 0.6) is 5.88 Å². The van der Waals surface area contributed by atoms with Gasteiger partial charge in [-0.1, -0.05) is 0 Å². The number of hydrogen-bond donors (Lipinski definition) is 1. The third-order valence-corrected chi connectivity index (χ3v) is 1.35. The van der Waals surface area contributed by atoms with Crippen LogP contribution in [0.2, 0.25) is 0 Å². The fourth-order valence-electron chi connectivity index (χ4n) is 0.749. The summed E-state index contributed by atoms with van der Waals surface area (Å²) in [6, 6.07) is 0. The Bertz CT molecular complexity index is 371. The van der Waals surface area contributed by atoms with Gasteiger partial charge in [-0.2, -0.15) is 0 Å². The first-order valence-electron chi connectivity index (χ1n) is 3.40. The lowest BCUT2D eigenvalue weighted by atomic mass is 10.4. The van der Waals surface area contributed by atoms with E-state index in [9.17, 15) is 9.59 Å². The van der Waals surface area contributed by atoms with Crippen molar-refractivity contribution in [1.82, 2.24) is 9.97 Å². The summed E-state index contributed by atoms with van der Waals surface area (Å²) in [5.74, 6) is -0.736. The van der Waals surface area contributed by atoms with Gasteiger partial charge in [-0.15, -0.1) is 0 Å². The van der Waals surface area contributed by atoms with Gasteiger partial charge in [0.2, 0.25) is 0 Å². The monoisotopic (exact) mass is 184 g/mol. The van der Waals surface area contributed by atoms with Gasteiger partial charge in [0.15, 0.2) is 0 Å². The zero-order valence-electron chi connectivity index (χ0n) is 7.16.